The van der Waals surface area contributed by atoms with E-state index < -0.39 is 0 Å². The molecule has 0 radical (unpaired) electrons. The lowest BCUT2D eigenvalue weighted by atomic mass is 10.4. The maximum atomic E-state index is 10.5. The molecule has 0 aliphatic carbocycles. The van der Waals surface area contributed by atoms with Gasteiger partial charge < -0.3 is 5.73 Å². The topological polar surface area (TPSA) is 64.3 Å². The zero-order valence-corrected chi connectivity index (χ0v) is 5.47. The Hall–Kier alpha value is -1.03. The van der Waals surface area contributed by atoms with Gasteiger partial charge in [-0.3, -0.25) is 9.63 Å². The first-order valence-electron chi connectivity index (χ1n) is 2.43. The molecular formula is C5H10N2O2. The number of allylic oxidation sites excluding steroid dienone is 1. The van der Waals surface area contributed by atoms with Crippen LogP contribution in [0.5, 0.6) is 0 Å². The number of hydroxylamine groups is 1. The van der Waals surface area contributed by atoms with Crippen molar-refractivity contribution in [1.82, 2.24) is 5.48 Å². The Bertz CT molecular complexity index is 127. The van der Waals surface area contributed by atoms with Gasteiger partial charge in [-0.1, -0.05) is 0 Å². The van der Waals surface area contributed by atoms with Gasteiger partial charge in [0.1, 0.15) is 0 Å². The summed E-state index contributed by atoms with van der Waals surface area (Å²) in [7, 11) is 1.36. The Morgan fingerprint density at radius 3 is 2.67 bits per heavy atom. The largest absolute Gasteiger partial charge is 0.402 e. The third-order valence-corrected chi connectivity index (χ3v) is 0.561. The molecule has 52 valence electrons. The molecule has 0 saturated heterocycles. The third kappa shape index (κ3) is 4.83. The SMILES string of the molecule is CONC(=O)/C=C(\C)N. The van der Waals surface area contributed by atoms with E-state index in [2.05, 4.69) is 10.3 Å². The van der Waals surface area contributed by atoms with Crippen LogP contribution in [0.4, 0.5) is 0 Å². The van der Waals surface area contributed by atoms with Gasteiger partial charge in [0.05, 0.1) is 7.11 Å². The van der Waals surface area contributed by atoms with Crippen LogP contribution in [0.1, 0.15) is 6.92 Å². The van der Waals surface area contributed by atoms with E-state index in [1.807, 2.05) is 0 Å². The highest BCUT2D eigenvalue weighted by atomic mass is 16.6. The smallest absolute Gasteiger partial charge is 0.269 e. The van der Waals surface area contributed by atoms with E-state index in [0.717, 1.165) is 0 Å². The van der Waals surface area contributed by atoms with Crippen LogP contribution in [0.3, 0.4) is 0 Å². The molecule has 0 rings (SSSR count). The molecule has 0 aromatic heterocycles. The molecule has 0 heterocycles. The molecule has 1 amide bonds. The second kappa shape index (κ2) is 3.91. The van der Waals surface area contributed by atoms with Crippen LogP contribution < -0.4 is 11.2 Å². The summed E-state index contributed by atoms with van der Waals surface area (Å²) in [5.74, 6) is -0.350. The van der Waals surface area contributed by atoms with E-state index in [0.29, 0.717) is 5.70 Å². The fourth-order valence-corrected chi connectivity index (χ4v) is 0.337. The summed E-state index contributed by atoms with van der Waals surface area (Å²) in [5, 5.41) is 0. The van der Waals surface area contributed by atoms with Crippen molar-refractivity contribution >= 4 is 5.91 Å². The van der Waals surface area contributed by atoms with E-state index in [1.165, 1.54) is 13.2 Å². The van der Waals surface area contributed by atoms with Crippen LogP contribution >= 0.6 is 0 Å². The second-order valence-electron chi connectivity index (χ2n) is 1.56. The Morgan fingerprint density at radius 2 is 2.33 bits per heavy atom. The van der Waals surface area contributed by atoms with Crippen LogP contribution in [-0.4, -0.2) is 13.0 Å². The van der Waals surface area contributed by atoms with Crippen LogP contribution in [0.25, 0.3) is 0 Å². The average Bonchev–Trinajstić information content (AvgIpc) is 1.63. The molecule has 0 atom stereocenters. The van der Waals surface area contributed by atoms with Crippen molar-refractivity contribution in [3.05, 3.63) is 11.8 Å². The Kier molecular flexibility index (Phi) is 3.46. The number of nitrogens with one attached hydrogen (secondary N) is 1. The van der Waals surface area contributed by atoms with Crippen LogP contribution in [0.2, 0.25) is 0 Å². The molecule has 0 saturated carbocycles. The molecule has 0 unspecified atom stereocenters. The molecule has 4 heteroatoms. The van der Waals surface area contributed by atoms with E-state index >= 15 is 0 Å². The minimum atomic E-state index is -0.350. The normalized spacial score (nSPS) is 11.1. The number of carbonyl (C=O) groups is 1. The monoisotopic (exact) mass is 130 g/mol. The van der Waals surface area contributed by atoms with Crippen molar-refractivity contribution in [1.29, 1.82) is 0 Å². The maximum Gasteiger partial charge on any atom is 0.269 e. The fourth-order valence-electron chi connectivity index (χ4n) is 0.337. The lowest BCUT2D eigenvalue weighted by molar-refractivity contribution is -0.126. The van der Waals surface area contributed by atoms with E-state index in [9.17, 15) is 4.79 Å². The zero-order valence-electron chi connectivity index (χ0n) is 5.47. The molecule has 0 aromatic carbocycles. The van der Waals surface area contributed by atoms with Gasteiger partial charge in [0.2, 0.25) is 0 Å². The number of hydrogen-bond acceptors (Lipinski definition) is 3. The van der Waals surface area contributed by atoms with E-state index in [1.54, 1.807) is 6.92 Å². The molecule has 0 aliphatic heterocycles. The summed E-state index contributed by atoms with van der Waals surface area (Å²) in [4.78, 5) is 14.8. The Balaban J connectivity index is 3.63. The number of rotatable bonds is 2. The average molecular weight is 130 g/mol. The second-order valence-corrected chi connectivity index (χ2v) is 1.56. The summed E-state index contributed by atoms with van der Waals surface area (Å²) in [5.41, 5.74) is 7.70. The Labute approximate surface area is 53.6 Å². The third-order valence-electron chi connectivity index (χ3n) is 0.561. The van der Waals surface area contributed by atoms with Gasteiger partial charge in [-0.25, -0.2) is 5.48 Å². The minimum absolute atomic E-state index is 0.350. The first kappa shape index (κ1) is 7.97. The van der Waals surface area contributed by atoms with Gasteiger partial charge in [0, 0.05) is 11.8 Å². The predicted octanol–water partition coefficient (Wildman–Crippen LogP) is -0.474. The number of carbonyl (C=O) groups excluding carboxylic acids is 1. The van der Waals surface area contributed by atoms with Crippen LogP contribution in [0, 0.1) is 0 Å². The van der Waals surface area contributed by atoms with Crippen molar-refractivity contribution < 1.29 is 9.63 Å². The number of nitrogens with two attached hydrogens (primary N) is 1. The molecule has 0 aliphatic rings. The highest BCUT2D eigenvalue weighted by molar-refractivity contribution is 5.87. The predicted molar refractivity (Wildman–Crippen MR) is 33.1 cm³/mol. The van der Waals surface area contributed by atoms with Crippen molar-refractivity contribution in [2.24, 2.45) is 5.73 Å². The van der Waals surface area contributed by atoms with Crippen molar-refractivity contribution in [2.75, 3.05) is 7.11 Å². The summed E-state index contributed by atoms with van der Waals surface area (Å²) in [6.07, 6.45) is 1.24. The molecule has 0 spiro atoms. The van der Waals surface area contributed by atoms with E-state index in [4.69, 9.17) is 5.73 Å². The van der Waals surface area contributed by atoms with Crippen molar-refractivity contribution in [3.63, 3.8) is 0 Å². The number of amides is 1. The minimum Gasteiger partial charge on any atom is -0.402 e. The lowest BCUT2D eigenvalue weighted by Gasteiger charge is -1.94. The van der Waals surface area contributed by atoms with Gasteiger partial charge in [0.25, 0.3) is 5.91 Å². The molecule has 0 aromatic rings. The summed E-state index contributed by atoms with van der Waals surface area (Å²) in [6.45, 7) is 1.62. The molecule has 4 nitrogen and oxygen atoms in total. The van der Waals surface area contributed by atoms with Gasteiger partial charge in [-0.15, -0.1) is 0 Å². The van der Waals surface area contributed by atoms with Gasteiger partial charge in [0.15, 0.2) is 0 Å². The van der Waals surface area contributed by atoms with Crippen LogP contribution in [-0.2, 0) is 9.63 Å². The molecule has 0 bridgehead atoms. The summed E-state index contributed by atoms with van der Waals surface area (Å²) >= 11 is 0. The summed E-state index contributed by atoms with van der Waals surface area (Å²) < 4.78 is 0. The first-order valence-corrected chi connectivity index (χ1v) is 2.43. The fraction of sp³-hybridized carbons (Fsp3) is 0.400. The van der Waals surface area contributed by atoms with Gasteiger partial charge in [-0.05, 0) is 6.92 Å². The Morgan fingerprint density at radius 1 is 1.78 bits per heavy atom. The first-order chi connectivity index (χ1) is 4.16. The highest BCUT2D eigenvalue weighted by Gasteiger charge is 1.91. The van der Waals surface area contributed by atoms with Crippen LogP contribution in [0.15, 0.2) is 11.8 Å². The standard InChI is InChI=1S/C5H10N2O2/c1-4(6)3-5(8)7-9-2/h3H,6H2,1-2H3,(H,7,8)/b4-3+. The molecular weight excluding hydrogens is 120 g/mol. The zero-order chi connectivity index (χ0) is 7.28. The van der Waals surface area contributed by atoms with Crippen molar-refractivity contribution in [3.8, 4) is 0 Å². The number of hydrogen-bond donors (Lipinski definition) is 2. The quantitative estimate of drug-likeness (QED) is 0.392. The van der Waals surface area contributed by atoms with Gasteiger partial charge in [-0.2, -0.15) is 0 Å². The van der Waals surface area contributed by atoms with Gasteiger partial charge >= 0.3 is 0 Å². The molecule has 3 N–H and O–H groups in total. The molecule has 9 heavy (non-hydrogen) atoms. The maximum absolute atomic E-state index is 10.5. The summed E-state index contributed by atoms with van der Waals surface area (Å²) in [6, 6.07) is 0. The highest BCUT2D eigenvalue weighted by Crippen LogP contribution is 1.77. The lowest BCUT2D eigenvalue weighted by Crippen LogP contribution is -2.20. The molecule has 0 fully saturated rings. The van der Waals surface area contributed by atoms with Crippen molar-refractivity contribution in [2.45, 2.75) is 6.92 Å². The van der Waals surface area contributed by atoms with E-state index in [-0.39, 0.29) is 5.91 Å².